The highest BCUT2D eigenvalue weighted by atomic mass is 32.1. The summed E-state index contributed by atoms with van der Waals surface area (Å²) in [4.78, 5) is 36.8. The van der Waals surface area contributed by atoms with Crippen LogP contribution in [0.15, 0.2) is 6.20 Å². The molecule has 0 saturated carbocycles. The van der Waals surface area contributed by atoms with Gasteiger partial charge in [0.15, 0.2) is 0 Å². The number of aryl methyl sites for hydroxylation is 1. The first-order valence-corrected chi connectivity index (χ1v) is 5.39. The van der Waals surface area contributed by atoms with E-state index in [0.29, 0.717) is 5.01 Å². The highest BCUT2D eigenvalue weighted by Gasteiger charge is 2.24. The minimum absolute atomic E-state index is 0.249. The van der Waals surface area contributed by atoms with Gasteiger partial charge in [0.1, 0.15) is 10.9 Å². The molecule has 17 heavy (non-hydrogen) atoms. The van der Waals surface area contributed by atoms with Crippen LogP contribution in [0.4, 0.5) is 0 Å². The lowest BCUT2D eigenvalue weighted by Gasteiger charge is -2.10. The smallest absolute Gasteiger partial charge is 0.326 e. The van der Waals surface area contributed by atoms with Crippen molar-refractivity contribution >= 4 is 29.2 Å². The average Bonchev–Trinajstić information content (AvgIpc) is 2.63. The first kappa shape index (κ1) is 13.1. The number of rotatable bonds is 5. The third kappa shape index (κ3) is 3.83. The number of carboxylic acid groups (broad SMARTS) is 2. The Bertz CT molecular complexity index is 456. The molecule has 0 fully saturated rings. The number of amides is 1. The monoisotopic (exact) mass is 258 g/mol. The van der Waals surface area contributed by atoms with Gasteiger partial charge in [0, 0.05) is 0 Å². The van der Waals surface area contributed by atoms with E-state index in [4.69, 9.17) is 10.2 Å². The van der Waals surface area contributed by atoms with E-state index in [0.717, 1.165) is 11.3 Å². The van der Waals surface area contributed by atoms with E-state index in [2.05, 4.69) is 10.3 Å². The Hall–Kier alpha value is -1.96. The molecule has 1 heterocycles. The maximum atomic E-state index is 11.6. The van der Waals surface area contributed by atoms with Gasteiger partial charge in [0.25, 0.3) is 5.91 Å². The van der Waals surface area contributed by atoms with Gasteiger partial charge in [0.2, 0.25) is 0 Å². The molecule has 0 aliphatic heterocycles. The van der Waals surface area contributed by atoms with Crippen LogP contribution in [0.2, 0.25) is 0 Å². The van der Waals surface area contributed by atoms with Crippen LogP contribution in [0.5, 0.6) is 0 Å². The summed E-state index contributed by atoms with van der Waals surface area (Å²) in [6.07, 6.45) is 0.647. The van der Waals surface area contributed by atoms with E-state index >= 15 is 0 Å². The van der Waals surface area contributed by atoms with Crippen LogP contribution < -0.4 is 5.32 Å². The normalized spacial score (nSPS) is 11.8. The van der Waals surface area contributed by atoms with E-state index in [9.17, 15) is 14.4 Å². The fraction of sp³-hybridized carbons (Fsp3) is 0.333. The number of hydrogen-bond donors (Lipinski definition) is 3. The Labute approximate surface area is 100 Å². The zero-order valence-electron chi connectivity index (χ0n) is 8.84. The zero-order valence-corrected chi connectivity index (χ0v) is 9.65. The Kier molecular flexibility index (Phi) is 4.16. The van der Waals surface area contributed by atoms with Gasteiger partial charge in [-0.25, -0.2) is 9.78 Å². The fourth-order valence-corrected chi connectivity index (χ4v) is 1.75. The van der Waals surface area contributed by atoms with Crippen LogP contribution in [0.3, 0.4) is 0 Å². The second-order valence-electron chi connectivity index (χ2n) is 3.21. The van der Waals surface area contributed by atoms with Crippen molar-refractivity contribution in [3.63, 3.8) is 0 Å². The Balaban J connectivity index is 2.70. The predicted molar refractivity (Wildman–Crippen MR) is 58.0 cm³/mol. The van der Waals surface area contributed by atoms with Crippen molar-refractivity contribution in [3.8, 4) is 0 Å². The van der Waals surface area contributed by atoms with E-state index < -0.39 is 30.3 Å². The number of hydrogen-bond acceptors (Lipinski definition) is 5. The van der Waals surface area contributed by atoms with Crippen molar-refractivity contribution in [2.45, 2.75) is 19.4 Å². The SMILES string of the molecule is Cc1ncc(C(=O)NC(CC(=O)O)C(=O)O)s1. The first-order valence-electron chi connectivity index (χ1n) is 4.58. The van der Waals surface area contributed by atoms with Crippen molar-refractivity contribution in [1.29, 1.82) is 0 Å². The molecule has 0 aliphatic carbocycles. The number of carbonyl (C=O) groups excluding carboxylic acids is 1. The lowest BCUT2D eigenvalue weighted by Crippen LogP contribution is -2.41. The van der Waals surface area contributed by atoms with E-state index in [-0.39, 0.29) is 4.88 Å². The van der Waals surface area contributed by atoms with Gasteiger partial charge in [-0.1, -0.05) is 0 Å². The number of nitrogens with zero attached hydrogens (tertiary/aromatic N) is 1. The fourth-order valence-electron chi connectivity index (χ4n) is 1.07. The molecule has 1 aromatic rings. The molecular formula is C9H10N2O5S. The first-order chi connectivity index (χ1) is 7.90. The van der Waals surface area contributed by atoms with Crippen molar-refractivity contribution in [2.24, 2.45) is 0 Å². The van der Waals surface area contributed by atoms with Crippen LogP contribution in [0.25, 0.3) is 0 Å². The van der Waals surface area contributed by atoms with E-state index in [1.54, 1.807) is 6.92 Å². The highest BCUT2D eigenvalue weighted by molar-refractivity contribution is 7.13. The molecule has 0 aliphatic rings. The van der Waals surface area contributed by atoms with Crippen molar-refractivity contribution < 1.29 is 24.6 Å². The molecule has 3 N–H and O–H groups in total. The average molecular weight is 258 g/mol. The second-order valence-corrected chi connectivity index (χ2v) is 4.44. The quantitative estimate of drug-likeness (QED) is 0.690. The minimum atomic E-state index is -1.44. The molecule has 7 nitrogen and oxygen atoms in total. The molecule has 1 amide bonds. The van der Waals surface area contributed by atoms with Gasteiger partial charge in [-0.3, -0.25) is 9.59 Å². The van der Waals surface area contributed by atoms with Crippen LogP contribution in [0.1, 0.15) is 21.1 Å². The van der Waals surface area contributed by atoms with Crippen molar-refractivity contribution in [3.05, 3.63) is 16.1 Å². The van der Waals surface area contributed by atoms with Crippen LogP contribution in [-0.4, -0.2) is 39.1 Å². The predicted octanol–water partition coefficient (Wildman–Crippen LogP) is 0.109. The summed E-state index contributed by atoms with van der Waals surface area (Å²) < 4.78 is 0. The molecule has 8 heteroatoms. The number of aromatic nitrogens is 1. The molecule has 1 aromatic heterocycles. The largest absolute Gasteiger partial charge is 0.481 e. The molecule has 92 valence electrons. The molecule has 1 rings (SSSR count). The van der Waals surface area contributed by atoms with Crippen LogP contribution in [0, 0.1) is 6.92 Å². The van der Waals surface area contributed by atoms with Gasteiger partial charge in [-0.05, 0) is 6.92 Å². The Morgan fingerprint density at radius 1 is 1.47 bits per heavy atom. The topological polar surface area (TPSA) is 117 Å². The number of carbonyl (C=O) groups is 3. The summed E-state index contributed by atoms with van der Waals surface area (Å²) in [5, 5.41) is 20.0. The van der Waals surface area contributed by atoms with E-state index in [1.807, 2.05) is 0 Å². The van der Waals surface area contributed by atoms with Gasteiger partial charge in [0.05, 0.1) is 17.6 Å². The van der Waals surface area contributed by atoms with Gasteiger partial charge in [-0.15, -0.1) is 11.3 Å². The lowest BCUT2D eigenvalue weighted by molar-refractivity contribution is -0.145. The lowest BCUT2D eigenvalue weighted by atomic mass is 10.2. The summed E-state index contributed by atoms with van der Waals surface area (Å²) in [6, 6.07) is -1.44. The molecule has 0 bridgehead atoms. The molecule has 0 aromatic carbocycles. The number of nitrogens with one attached hydrogen (secondary N) is 1. The summed E-state index contributed by atoms with van der Waals surface area (Å²) in [7, 11) is 0. The third-order valence-electron chi connectivity index (χ3n) is 1.83. The summed E-state index contributed by atoms with van der Waals surface area (Å²) in [5.74, 6) is -3.32. The molecule has 0 spiro atoms. The van der Waals surface area contributed by atoms with Crippen molar-refractivity contribution in [1.82, 2.24) is 10.3 Å². The highest BCUT2D eigenvalue weighted by Crippen LogP contribution is 2.11. The maximum Gasteiger partial charge on any atom is 0.326 e. The molecule has 0 radical (unpaired) electrons. The number of carboxylic acids is 2. The molecule has 0 saturated heterocycles. The zero-order chi connectivity index (χ0) is 13.0. The van der Waals surface area contributed by atoms with Gasteiger partial charge in [-0.2, -0.15) is 0 Å². The number of thiazole rings is 1. The van der Waals surface area contributed by atoms with Crippen LogP contribution in [-0.2, 0) is 9.59 Å². The van der Waals surface area contributed by atoms with E-state index in [1.165, 1.54) is 6.20 Å². The van der Waals surface area contributed by atoms with Crippen LogP contribution >= 0.6 is 11.3 Å². The van der Waals surface area contributed by atoms with Gasteiger partial charge >= 0.3 is 11.9 Å². The molecule has 1 unspecified atom stereocenters. The minimum Gasteiger partial charge on any atom is -0.481 e. The standard InChI is InChI=1S/C9H10N2O5S/c1-4-10-3-6(17-4)8(14)11-5(9(15)16)2-7(12)13/h3,5H,2H2,1H3,(H,11,14)(H,12,13)(H,15,16). The Morgan fingerprint density at radius 2 is 2.12 bits per heavy atom. The van der Waals surface area contributed by atoms with Crippen molar-refractivity contribution in [2.75, 3.05) is 0 Å². The second kappa shape index (κ2) is 5.39. The summed E-state index contributed by atoms with van der Waals surface area (Å²) in [5.41, 5.74) is 0. The number of aliphatic carboxylic acids is 2. The third-order valence-corrected chi connectivity index (χ3v) is 2.74. The van der Waals surface area contributed by atoms with Gasteiger partial charge < -0.3 is 15.5 Å². The summed E-state index contributed by atoms with van der Waals surface area (Å²) >= 11 is 1.10. The Morgan fingerprint density at radius 3 is 2.53 bits per heavy atom. The molecule has 1 atom stereocenters. The molecular weight excluding hydrogens is 248 g/mol. The maximum absolute atomic E-state index is 11.6. The summed E-state index contributed by atoms with van der Waals surface area (Å²) in [6.45, 7) is 1.70.